The fourth-order valence-corrected chi connectivity index (χ4v) is 2.17. The molecule has 0 spiro atoms. The molecule has 1 rings (SSSR count). The molecule has 0 saturated carbocycles. The molecular formula is C13H19ClFN. The van der Waals surface area contributed by atoms with E-state index < -0.39 is 0 Å². The normalized spacial score (nSPS) is 15.2. The molecule has 0 radical (unpaired) electrons. The Morgan fingerprint density at radius 2 is 1.94 bits per heavy atom. The van der Waals surface area contributed by atoms with Gasteiger partial charge in [-0.15, -0.1) is 0 Å². The molecule has 0 fully saturated rings. The van der Waals surface area contributed by atoms with Crippen LogP contribution in [0.15, 0.2) is 18.2 Å². The van der Waals surface area contributed by atoms with E-state index in [9.17, 15) is 4.39 Å². The summed E-state index contributed by atoms with van der Waals surface area (Å²) in [4.78, 5) is 0. The van der Waals surface area contributed by atoms with Gasteiger partial charge in [0.2, 0.25) is 0 Å². The lowest BCUT2D eigenvalue weighted by atomic mass is 9.84. The summed E-state index contributed by atoms with van der Waals surface area (Å²) in [5.41, 5.74) is 6.99. The molecule has 1 aromatic rings. The minimum absolute atomic E-state index is 0.129. The Labute approximate surface area is 102 Å². The topological polar surface area (TPSA) is 26.0 Å². The van der Waals surface area contributed by atoms with E-state index in [0.717, 1.165) is 12.0 Å². The van der Waals surface area contributed by atoms with Gasteiger partial charge >= 0.3 is 0 Å². The first-order chi connectivity index (χ1) is 7.41. The molecule has 0 aliphatic rings. The summed E-state index contributed by atoms with van der Waals surface area (Å²) in [6.07, 6.45) is 0.843. The van der Waals surface area contributed by atoms with Gasteiger partial charge in [0.05, 0.1) is 5.02 Å². The molecule has 0 bridgehead atoms. The molecule has 2 unspecified atom stereocenters. The van der Waals surface area contributed by atoms with Gasteiger partial charge < -0.3 is 5.73 Å². The fraction of sp³-hybridized carbons (Fsp3) is 0.538. The Hall–Kier alpha value is -0.600. The molecule has 1 nitrogen and oxygen atoms in total. The monoisotopic (exact) mass is 243 g/mol. The minimum Gasteiger partial charge on any atom is -0.328 e. The lowest BCUT2D eigenvalue weighted by molar-refractivity contribution is 0.330. The standard InChI is InChI=1S/C13H19ClFN/c1-8(2)11(9(3)16)6-10-4-5-13(15)12(14)7-10/h4-5,7-9,11H,6,16H2,1-3H3. The van der Waals surface area contributed by atoms with Gasteiger partial charge in [-0.05, 0) is 42.9 Å². The van der Waals surface area contributed by atoms with E-state index in [1.165, 1.54) is 6.07 Å². The Bertz CT molecular complexity index is 342. The summed E-state index contributed by atoms with van der Waals surface area (Å²) in [5.74, 6) is 0.526. The van der Waals surface area contributed by atoms with E-state index in [0.29, 0.717) is 11.8 Å². The average molecular weight is 244 g/mol. The van der Waals surface area contributed by atoms with Gasteiger partial charge in [-0.1, -0.05) is 31.5 Å². The molecule has 0 aromatic heterocycles. The van der Waals surface area contributed by atoms with Crippen LogP contribution < -0.4 is 5.73 Å². The summed E-state index contributed by atoms with van der Waals surface area (Å²) in [6.45, 7) is 6.31. The molecule has 0 heterocycles. The molecule has 16 heavy (non-hydrogen) atoms. The Morgan fingerprint density at radius 3 is 2.38 bits per heavy atom. The third-order valence-electron chi connectivity index (χ3n) is 2.99. The largest absolute Gasteiger partial charge is 0.328 e. The number of benzene rings is 1. The third-order valence-corrected chi connectivity index (χ3v) is 3.28. The van der Waals surface area contributed by atoms with Gasteiger partial charge in [0, 0.05) is 6.04 Å². The van der Waals surface area contributed by atoms with Crippen molar-refractivity contribution in [1.82, 2.24) is 0 Å². The summed E-state index contributed by atoms with van der Waals surface area (Å²) in [7, 11) is 0. The van der Waals surface area contributed by atoms with Gasteiger partial charge in [-0.3, -0.25) is 0 Å². The lowest BCUT2D eigenvalue weighted by Crippen LogP contribution is -2.32. The maximum absolute atomic E-state index is 13.0. The van der Waals surface area contributed by atoms with E-state index in [-0.39, 0.29) is 16.9 Å². The highest BCUT2D eigenvalue weighted by molar-refractivity contribution is 6.30. The molecule has 2 atom stereocenters. The van der Waals surface area contributed by atoms with Crippen molar-refractivity contribution < 1.29 is 4.39 Å². The van der Waals surface area contributed by atoms with E-state index in [1.807, 2.05) is 6.92 Å². The van der Waals surface area contributed by atoms with Crippen molar-refractivity contribution >= 4 is 11.6 Å². The van der Waals surface area contributed by atoms with Gasteiger partial charge in [0.15, 0.2) is 0 Å². The molecule has 90 valence electrons. The highest BCUT2D eigenvalue weighted by atomic mass is 35.5. The zero-order valence-corrected chi connectivity index (χ0v) is 10.8. The average Bonchev–Trinajstić information content (AvgIpc) is 2.18. The molecular weight excluding hydrogens is 225 g/mol. The highest BCUT2D eigenvalue weighted by Crippen LogP contribution is 2.23. The molecule has 0 amide bonds. The van der Waals surface area contributed by atoms with Crippen molar-refractivity contribution in [2.24, 2.45) is 17.6 Å². The second-order valence-corrected chi connectivity index (χ2v) is 5.13. The van der Waals surface area contributed by atoms with E-state index in [4.69, 9.17) is 17.3 Å². The molecule has 1 aromatic carbocycles. The summed E-state index contributed by atoms with van der Waals surface area (Å²) in [6, 6.07) is 5.01. The van der Waals surface area contributed by atoms with Crippen LogP contribution in [-0.2, 0) is 6.42 Å². The van der Waals surface area contributed by atoms with Crippen LogP contribution >= 0.6 is 11.6 Å². The maximum Gasteiger partial charge on any atom is 0.141 e. The van der Waals surface area contributed by atoms with Crippen LogP contribution in [-0.4, -0.2) is 6.04 Å². The van der Waals surface area contributed by atoms with E-state index in [2.05, 4.69) is 13.8 Å². The second-order valence-electron chi connectivity index (χ2n) is 4.72. The van der Waals surface area contributed by atoms with Crippen molar-refractivity contribution in [3.05, 3.63) is 34.6 Å². The summed E-state index contributed by atoms with van der Waals surface area (Å²) in [5, 5.41) is 0.185. The molecule has 0 aliphatic heterocycles. The number of nitrogens with two attached hydrogens (primary N) is 1. The number of hydrogen-bond acceptors (Lipinski definition) is 1. The van der Waals surface area contributed by atoms with Gasteiger partial charge in [0.25, 0.3) is 0 Å². The Morgan fingerprint density at radius 1 is 1.31 bits per heavy atom. The van der Waals surface area contributed by atoms with Crippen molar-refractivity contribution in [3.8, 4) is 0 Å². The van der Waals surface area contributed by atoms with Crippen molar-refractivity contribution in [1.29, 1.82) is 0 Å². The Balaban J connectivity index is 2.81. The lowest BCUT2D eigenvalue weighted by Gasteiger charge is -2.24. The van der Waals surface area contributed by atoms with Crippen LogP contribution in [0.5, 0.6) is 0 Å². The first-order valence-corrected chi connectivity index (χ1v) is 5.99. The van der Waals surface area contributed by atoms with E-state index in [1.54, 1.807) is 12.1 Å². The van der Waals surface area contributed by atoms with Crippen molar-refractivity contribution in [3.63, 3.8) is 0 Å². The van der Waals surface area contributed by atoms with Gasteiger partial charge in [0.1, 0.15) is 5.82 Å². The van der Waals surface area contributed by atoms with Crippen LogP contribution in [0.25, 0.3) is 0 Å². The molecule has 2 N–H and O–H groups in total. The predicted molar refractivity (Wildman–Crippen MR) is 67.1 cm³/mol. The van der Waals surface area contributed by atoms with Crippen LogP contribution in [0.3, 0.4) is 0 Å². The van der Waals surface area contributed by atoms with Crippen molar-refractivity contribution in [2.45, 2.75) is 33.2 Å². The van der Waals surface area contributed by atoms with Crippen LogP contribution in [0.2, 0.25) is 5.02 Å². The minimum atomic E-state index is -0.368. The molecule has 3 heteroatoms. The van der Waals surface area contributed by atoms with Gasteiger partial charge in [-0.25, -0.2) is 4.39 Å². The second kappa shape index (κ2) is 5.65. The fourth-order valence-electron chi connectivity index (χ4n) is 1.97. The quantitative estimate of drug-likeness (QED) is 0.859. The summed E-state index contributed by atoms with van der Waals surface area (Å²) < 4.78 is 13.0. The third kappa shape index (κ3) is 3.46. The molecule has 0 aliphatic carbocycles. The van der Waals surface area contributed by atoms with Crippen LogP contribution in [0, 0.1) is 17.7 Å². The number of rotatable bonds is 4. The SMILES string of the molecule is CC(C)C(Cc1ccc(F)c(Cl)c1)C(C)N. The first-order valence-electron chi connectivity index (χ1n) is 5.61. The first kappa shape index (κ1) is 13.5. The maximum atomic E-state index is 13.0. The molecule has 0 saturated heterocycles. The van der Waals surface area contributed by atoms with Gasteiger partial charge in [-0.2, -0.15) is 0 Å². The zero-order valence-electron chi connectivity index (χ0n) is 10.0. The van der Waals surface area contributed by atoms with Crippen molar-refractivity contribution in [2.75, 3.05) is 0 Å². The highest BCUT2D eigenvalue weighted by Gasteiger charge is 2.18. The van der Waals surface area contributed by atoms with Crippen LogP contribution in [0.4, 0.5) is 4.39 Å². The smallest absolute Gasteiger partial charge is 0.141 e. The summed E-state index contributed by atoms with van der Waals surface area (Å²) >= 11 is 5.75. The Kier molecular flexibility index (Phi) is 4.75. The zero-order chi connectivity index (χ0) is 12.3. The van der Waals surface area contributed by atoms with Crippen LogP contribution in [0.1, 0.15) is 26.3 Å². The predicted octanol–water partition coefficient (Wildman–Crippen LogP) is 3.64. The number of halogens is 2. The number of hydrogen-bond donors (Lipinski definition) is 1. The van der Waals surface area contributed by atoms with E-state index >= 15 is 0 Å².